The Morgan fingerprint density at radius 3 is 2.50 bits per heavy atom. The maximum atomic E-state index is 12.9. The Morgan fingerprint density at radius 2 is 1.76 bits per heavy atom. The van der Waals surface area contributed by atoms with Crippen molar-refractivity contribution in [3.63, 3.8) is 0 Å². The van der Waals surface area contributed by atoms with E-state index in [1.54, 1.807) is 29.2 Å². The number of fused-ring (bicyclic) bond motifs is 1. The van der Waals surface area contributed by atoms with E-state index >= 15 is 0 Å². The van der Waals surface area contributed by atoms with Crippen LogP contribution in [-0.4, -0.2) is 54.5 Å². The van der Waals surface area contributed by atoms with Crippen LogP contribution in [0.5, 0.6) is 5.75 Å². The summed E-state index contributed by atoms with van der Waals surface area (Å²) in [4.78, 5) is 33.4. The van der Waals surface area contributed by atoms with E-state index in [0.717, 1.165) is 17.5 Å². The van der Waals surface area contributed by atoms with Gasteiger partial charge in [-0.15, -0.1) is 0 Å². The van der Waals surface area contributed by atoms with Crippen molar-refractivity contribution in [2.75, 3.05) is 43.0 Å². The minimum atomic E-state index is -4.51. The molecule has 2 aromatic heterocycles. The zero-order valence-electron chi connectivity index (χ0n) is 20.1. The highest BCUT2D eigenvalue weighted by atomic mass is 19.4. The van der Waals surface area contributed by atoms with Crippen molar-refractivity contribution >= 4 is 34.2 Å². The number of nitrogens with one attached hydrogen (secondary N) is 1. The van der Waals surface area contributed by atoms with Crippen LogP contribution in [0.2, 0.25) is 0 Å². The third-order valence-corrected chi connectivity index (χ3v) is 6.12. The third kappa shape index (κ3) is 5.56. The molecule has 0 atom stereocenters. The summed E-state index contributed by atoms with van der Waals surface area (Å²) in [6.45, 7) is 1.76. The first-order chi connectivity index (χ1) is 18.3. The normalized spacial score (nSPS) is 14.0. The van der Waals surface area contributed by atoms with E-state index in [-0.39, 0.29) is 11.6 Å². The molecule has 0 spiro atoms. The number of benzene rings is 2. The van der Waals surface area contributed by atoms with Crippen molar-refractivity contribution in [3.8, 4) is 5.75 Å². The van der Waals surface area contributed by atoms with Gasteiger partial charge in [0.2, 0.25) is 0 Å². The summed E-state index contributed by atoms with van der Waals surface area (Å²) in [7, 11) is 0. The maximum Gasteiger partial charge on any atom is 0.416 e. The van der Waals surface area contributed by atoms with Gasteiger partial charge in [-0.3, -0.25) is 9.59 Å². The van der Waals surface area contributed by atoms with Crippen LogP contribution in [0.15, 0.2) is 77.4 Å². The number of furan rings is 1. The number of hydrogen-bond donors (Lipinski definition) is 1. The van der Waals surface area contributed by atoms with Crippen molar-refractivity contribution in [1.29, 1.82) is 0 Å². The average Bonchev–Trinajstić information content (AvgIpc) is 3.46. The van der Waals surface area contributed by atoms with Crippen molar-refractivity contribution < 1.29 is 31.9 Å². The molecule has 5 rings (SSSR count). The largest absolute Gasteiger partial charge is 0.481 e. The zero-order valence-corrected chi connectivity index (χ0v) is 20.1. The number of amides is 2. The molecule has 0 saturated carbocycles. The zero-order chi connectivity index (χ0) is 26.7. The number of anilines is 2. The lowest BCUT2D eigenvalue weighted by molar-refractivity contribution is -0.137. The number of carbonyl (C=O) groups is 2. The molecule has 11 heteroatoms. The molecule has 1 aliphatic rings. The van der Waals surface area contributed by atoms with E-state index < -0.39 is 24.3 Å². The molecule has 3 heterocycles. The molecule has 38 heavy (non-hydrogen) atoms. The molecule has 8 nitrogen and oxygen atoms in total. The van der Waals surface area contributed by atoms with Gasteiger partial charge in [-0.2, -0.15) is 13.2 Å². The fourth-order valence-corrected chi connectivity index (χ4v) is 4.21. The number of aromatic nitrogens is 1. The van der Waals surface area contributed by atoms with E-state index in [1.807, 2.05) is 18.2 Å². The molecule has 2 aromatic carbocycles. The Balaban J connectivity index is 1.24. The van der Waals surface area contributed by atoms with Gasteiger partial charge in [0.25, 0.3) is 11.8 Å². The van der Waals surface area contributed by atoms with Gasteiger partial charge in [-0.1, -0.05) is 18.2 Å². The van der Waals surface area contributed by atoms with E-state index in [1.165, 1.54) is 18.4 Å². The van der Waals surface area contributed by atoms with Crippen LogP contribution in [0.3, 0.4) is 0 Å². The van der Waals surface area contributed by atoms with Gasteiger partial charge < -0.3 is 24.3 Å². The Labute approximate surface area is 215 Å². The van der Waals surface area contributed by atoms with Crippen molar-refractivity contribution in [2.24, 2.45) is 0 Å². The molecule has 1 fully saturated rings. The molecule has 1 N–H and O–H groups in total. The standard InChI is InChI=1S/C27H23F3N4O4/c28-27(29,30)19-5-2-6-20(16-19)31-24(35)17-38-21-7-1-4-18-9-10-23(32-25(18)21)33-11-13-34(14-12-33)26(36)22-8-3-15-37-22/h1-10,15-16H,11-14,17H2,(H,31,35). The maximum absolute atomic E-state index is 12.9. The topological polar surface area (TPSA) is 87.9 Å². The van der Waals surface area contributed by atoms with Crippen LogP contribution in [-0.2, 0) is 11.0 Å². The van der Waals surface area contributed by atoms with Crippen LogP contribution in [0, 0.1) is 0 Å². The number of alkyl halides is 3. The van der Waals surface area contributed by atoms with Gasteiger partial charge in [-0.05, 0) is 48.5 Å². The summed E-state index contributed by atoms with van der Waals surface area (Å²) in [6, 6.07) is 16.8. The molecule has 4 aromatic rings. The van der Waals surface area contributed by atoms with Crippen molar-refractivity contribution in [1.82, 2.24) is 9.88 Å². The first kappa shape index (κ1) is 25.1. The second kappa shape index (κ2) is 10.4. The Morgan fingerprint density at radius 1 is 0.974 bits per heavy atom. The highest BCUT2D eigenvalue weighted by Gasteiger charge is 2.30. The van der Waals surface area contributed by atoms with Gasteiger partial charge in [0.05, 0.1) is 11.8 Å². The quantitative estimate of drug-likeness (QED) is 0.389. The number of nitrogens with zero attached hydrogens (tertiary/aromatic N) is 3. The van der Waals surface area contributed by atoms with Crippen LogP contribution in [0.4, 0.5) is 24.7 Å². The molecular formula is C27H23F3N4O4. The summed E-state index contributed by atoms with van der Waals surface area (Å²) in [5, 5.41) is 3.23. The van der Waals surface area contributed by atoms with E-state index in [9.17, 15) is 22.8 Å². The Bertz CT molecular complexity index is 1450. The lowest BCUT2D eigenvalue weighted by atomic mass is 10.2. The third-order valence-electron chi connectivity index (χ3n) is 6.12. The monoisotopic (exact) mass is 524 g/mol. The molecule has 2 amide bonds. The number of ether oxygens (including phenoxy) is 1. The lowest BCUT2D eigenvalue weighted by Crippen LogP contribution is -2.49. The first-order valence-corrected chi connectivity index (χ1v) is 11.9. The number of para-hydroxylation sites is 1. The highest BCUT2D eigenvalue weighted by Crippen LogP contribution is 2.31. The summed E-state index contributed by atoms with van der Waals surface area (Å²) >= 11 is 0. The van der Waals surface area contributed by atoms with Gasteiger partial charge in [-0.25, -0.2) is 4.98 Å². The smallest absolute Gasteiger partial charge is 0.416 e. The fourth-order valence-electron chi connectivity index (χ4n) is 4.21. The van der Waals surface area contributed by atoms with Crippen LogP contribution in [0.1, 0.15) is 16.1 Å². The fraction of sp³-hybridized carbons (Fsp3) is 0.222. The summed E-state index contributed by atoms with van der Waals surface area (Å²) < 4.78 is 49.7. The predicted octanol–water partition coefficient (Wildman–Crippen LogP) is 4.83. The Hall–Kier alpha value is -4.54. The molecule has 0 aliphatic carbocycles. The lowest BCUT2D eigenvalue weighted by Gasteiger charge is -2.35. The van der Waals surface area contributed by atoms with E-state index in [2.05, 4.69) is 10.2 Å². The molecule has 196 valence electrons. The van der Waals surface area contributed by atoms with Crippen molar-refractivity contribution in [2.45, 2.75) is 6.18 Å². The molecule has 0 unspecified atom stereocenters. The van der Waals surface area contributed by atoms with E-state index in [0.29, 0.717) is 49.0 Å². The van der Waals surface area contributed by atoms with Gasteiger partial charge in [0.15, 0.2) is 12.4 Å². The highest BCUT2D eigenvalue weighted by molar-refractivity contribution is 5.93. The van der Waals surface area contributed by atoms with Gasteiger partial charge in [0, 0.05) is 37.3 Å². The molecule has 0 bridgehead atoms. The SMILES string of the molecule is O=C(COc1cccc2ccc(N3CCN(C(=O)c4ccco4)CC3)nc12)Nc1cccc(C(F)(F)F)c1. The predicted molar refractivity (Wildman–Crippen MR) is 134 cm³/mol. The number of piperazine rings is 1. The van der Waals surface area contributed by atoms with Crippen molar-refractivity contribution in [3.05, 3.63) is 84.3 Å². The molecule has 1 saturated heterocycles. The molecular weight excluding hydrogens is 501 g/mol. The number of halogens is 3. The molecule has 1 aliphatic heterocycles. The first-order valence-electron chi connectivity index (χ1n) is 11.9. The second-order valence-corrected chi connectivity index (χ2v) is 8.67. The van der Waals surface area contributed by atoms with Crippen LogP contribution >= 0.6 is 0 Å². The molecule has 0 radical (unpaired) electrons. The summed E-state index contributed by atoms with van der Waals surface area (Å²) in [6.07, 6.45) is -3.04. The number of rotatable bonds is 6. The second-order valence-electron chi connectivity index (χ2n) is 8.67. The van der Waals surface area contributed by atoms with Gasteiger partial charge in [0.1, 0.15) is 17.1 Å². The van der Waals surface area contributed by atoms with E-state index in [4.69, 9.17) is 14.1 Å². The summed E-state index contributed by atoms with van der Waals surface area (Å²) in [5.74, 6) is 0.624. The van der Waals surface area contributed by atoms with Crippen LogP contribution in [0.25, 0.3) is 10.9 Å². The minimum absolute atomic E-state index is 0.0245. The average molecular weight is 524 g/mol. The number of pyridine rings is 1. The van der Waals surface area contributed by atoms with Crippen LogP contribution < -0.4 is 15.0 Å². The van der Waals surface area contributed by atoms with Gasteiger partial charge >= 0.3 is 6.18 Å². The number of hydrogen-bond acceptors (Lipinski definition) is 6. The summed E-state index contributed by atoms with van der Waals surface area (Å²) in [5.41, 5.74) is -0.282. The number of carbonyl (C=O) groups excluding carboxylic acids is 2. The Kier molecular flexibility index (Phi) is 6.91. The minimum Gasteiger partial charge on any atom is -0.481 e.